The largest absolute Gasteiger partial charge is 0.497 e. The molecular formula is C14H16N2O. The van der Waals surface area contributed by atoms with Crippen molar-refractivity contribution in [3.05, 3.63) is 42.2 Å². The maximum atomic E-state index is 5.20. The van der Waals surface area contributed by atoms with Gasteiger partial charge in [-0.15, -0.1) is 0 Å². The molecule has 17 heavy (non-hydrogen) atoms. The van der Waals surface area contributed by atoms with Gasteiger partial charge in [0.1, 0.15) is 5.75 Å². The van der Waals surface area contributed by atoms with Crippen LogP contribution in [0.25, 0.3) is 11.4 Å². The molecule has 0 radical (unpaired) electrons. The van der Waals surface area contributed by atoms with Crippen molar-refractivity contribution in [1.82, 2.24) is 9.97 Å². The molecule has 0 fully saturated rings. The van der Waals surface area contributed by atoms with E-state index >= 15 is 0 Å². The molecule has 88 valence electrons. The molecule has 0 saturated carbocycles. The number of aromatic nitrogens is 2. The van der Waals surface area contributed by atoms with Crippen LogP contribution in [0.2, 0.25) is 0 Å². The van der Waals surface area contributed by atoms with Crippen molar-refractivity contribution in [3.63, 3.8) is 0 Å². The van der Waals surface area contributed by atoms with Crippen LogP contribution in [0.1, 0.15) is 25.5 Å². The van der Waals surface area contributed by atoms with Crippen LogP contribution in [0.4, 0.5) is 0 Å². The molecule has 0 aliphatic heterocycles. The van der Waals surface area contributed by atoms with Crippen molar-refractivity contribution in [3.8, 4) is 17.1 Å². The van der Waals surface area contributed by atoms with Gasteiger partial charge in [-0.2, -0.15) is 0 Å². The van der Waals surface area contributed by atoms with Gasteiger partial charge in [0.05, 0.1) is 7.11 Å². The Kier molecular flexibility index (Phi) is 3.38. The normalized spacial score (nSPS) is 10.6. The Hall–Kier alpha value is -1.90. The monoisotopic (exact) mass is 228 g/mol. The Morgan fingerprint density at radius 1 is 1.18 bits per heavy atom. The van der Waals surface area contributed by atoms with Gasteiger partial charge in [-0.05, 0) is 24.1 Å². The summed E-state index contributed by atoms with van der Waals surface area (Å²) >= 11 is 0. The Labute approximate surface area is 102 Å². The first-order valence-corrected chi connectivity index (χ1v) is 5.68. The van der Waals surface area contributed by atoms with E-state index < -0.39 is 0 Å². The fourth-order valence-electron chi connectivity index (χ4n) is 1.60. The summed E-state index contributed by atoms with van der Waals surface area (Å²) in [7, 11) is 1.66. The minimum absolute atomic E-state index is 0.405. The van der Waals surface area contributed by atoms with Crippen molar-refractivity contribution in [1.29, 1.82) is 0 Å². The van der Waals surface area contributed by atoms with Gasteiger partial charge in [0, 0.05) is 17.5 Å². The van der Waals surface area contributed by atoms with Crippen molar-refractivity contribution >= 4 is 0 Å². The van der Waals surface area contributed by atoms with Crippen LogP contribution in [0.3, 0.4) is 0 Å². The van der Waals surface area contributed by atoms with Gasteiger partial charge >= 0.3 is 0 Å². The Morgan fingerprint density at radius 3 is 2.71 bits per heavy atom. The van der Waals surface area contributed by atoms with Crippen LogP contribution in [0.5, 0.6) is 5.75 Å². The quantitative estimate of drug-likeness (QED) is 0.808. The second-order valence-corrected chi connectivity index (χ2v) is 4.19. The number of hydrogen-bond acceptors (Lipinski definition) is 3. The highest BCUT2D eigenvalue weighted by atomic mass is 16.5. The summed E-state index contributed by atoms with van der Waals surface area (Å²) in [5.74, 6) is 1.97. The molecule has 3 heteroatoms. The maximum Gasteiger partial charge on any atom is 0.159 e. The molecule has 0 spiro atoms. The van der Waals surface area contributed by atoms with Crippen LogP contribution in [-0.4, -0.2) is 17.1 Å². The Morgan fingerprint density at radius 2 is 2.00 bits per heavy atom. The van der Waals surface area contributed by atoms with Crippen LogP contribution < -0.4 is 4.74 Å². The first-order chi connectivity index (χ1) is 8.20. The molecule has 1 aromatic heterocycles. The lowest BCUT2D eigenvalue weighted by molar-refractivity contribution is 0.415. The molecule has 3 nitrogen and oxygen atoms in total. The molecule has 0 amide bonds. The van der Waals surface area contributed by atoms with Gasteiger partial charge < -0.3 is 4.74 Å². The van der Waals surface area contributed by atoms with Crippen LogP contribution in [0.15, 0.2) is 36.5 Å². The number of ether oxygens (including phenoxy) is 1. The highest BCUT2D eigenvalue weighted by Crippen LogP contribution is 2.21. The number of nitrogens with zero attached hydrogens (tertiary/aromatic N) is 2. The van der Waals surface area contributed by atoms with E-state index in [9.17, 15) is 0 Å². The second kappa shape index (κ2) is 4.95. The number of benzene rings is 1. The predicted molar refractivity (Wildman–Crippen MR) is 68.1 cm³/mol. The van der Waals surface area contributed by atoms with Crippen LogP contribution in [0, 0.1) is 0 Å². The van der Waals surface area contributed by atoms with E-state index in [1.807, 2.05) is 30.3 Å². The van der Waals surface area contributed by atoms with Gasteiger partial charge in [0.15, 0.2) is 5.82 Å². The summed E-state index contributed by atoms with van der Waals surface area (Å²) in [6.45, 7) is 4.25. The molecule has 0 atom stereocenters. The highest BCUT2D eigenvalue weighted by molar-refractivity contribution is 5.57. The minimum atomic E-state index is 0.405. The summed E-state index contributed by atoms with van der Waals surface area (Å²) in [5, 5.41) is 0. The predicted octanol–water partition coefficient (Wildman–Crippen LogP) is 3.28. The van der Waals surface area contributed by atoms with Crippen LogP contribution >= 0.6 is 0 Å². The molecule has 2 rings (SSSR count). The van der Waals surface area contributed by atoms with E-state index in [-0.39, 0.29) is 0 Å². The van der Waals surface area contributed by atoms with Crippen molar-refractivity contribution in [2.45, 2.75) is 19.8 Å². The summed E-state index contributed by atoms with van der Waals surface area (Å²) in [6.07, 6.45) is 1.80. The molecule has 0 aliphatic carbocycles. The average molecular weight is 228 g/mol. The lowest BCUT2D eigenvalue weighted by Gasteiger charge is -2.07. The van der Waals surface area contributed by atoms with E-state index in [1.54, 1.807) is 13.3 Å². The molecule has 1 aromatic carbocycles. The summed E-state index contributed by atoms with van der Waals surface area (Å²) in [5.41, 5.74) is 2.03. The number of hydrogen-bond donors (Lipinski definition) is 0. The first-order valence-electron chi connectivity index (χ1n) is 5.68. The fraction of sp³-hybridized carbons (Fsp3) is 0.286. The van der Waals surface area contributed by atoms with E-state index in [0.717, 1.165) is 22.8 Å². The molecule has 0 bridgehead atoms. The third-order valence-corrected chi connectivity index (χ3v) is 2.60. The molecule has 0 saturated heterocycles. The average Bonchev–Trinajstić information content (AvgIpc) is 2.39. The standard InChI is InChI=1S/C14H16N2O/c1-10(2)13-7-8-15-14(16-13)11-5-4-6-12(9-11)17-3/h4-10H,1-3H3. The van der Waals surface area contributed by atoms with E-state index in [4.69, 9.17) is 4.74 Å². The number of rotatable bonds is 3. The molecule has 1 heterocycles. The second-order valence-electron chi connectivity index (χ2n) is 4.19. The van der Waals surface area contributed by atoms with Gasteiger partial charge in [-0.25, -0.2) is 9.97 Å². The van der Waals surface area contributed by atoms with Gasteiger partial charge in [0.2, 0.25) is 0 Å². The smallest absolute Gasteiger partial charge is 0.159 e. The van der Waals surface area contributed by atoms with Crippen molar-refractivity contribution in [2.75, 3.05) is 7.11 Å². The maximum absolute atomic E-state index is 5.20. The van der Waals surface area contributed by atoms with E-state index in [1.165, 1.54) is 0 Å². The minimum Gasteiger partial charge on any atom is -0.497 e. The van der Waals surface area contributed by atoms with Gasteiger partial charge in [-0.3, -0.25) is 0 Å². The summed E-state index contributed by atoms with van der Waals surface area (Å²) < 4.78 is 5.20. The fourth-order valence-corrected chi connectivity index (χ4v) is 1.60. The zero-order valence-electron chi connectivity index (χ0n) is 10.3. The van der Waals surface area contributed by atoms with E-state index in [2.05, 4.69) is 23.8 Å². The third-order valence-electron chi connectivity index (χ3n) is 2.60. The van der Waals surface area contributed by atoms with Gasteiger partial charge in [-0.1, -0.05) is 26.0 Å². The topological polar surface area (TPSA) is 35.0 Å². The Balaban J connectivity index is 2.41. The Bertz CT molecular complexity index is 509. The third kappa shape index (κ3) is 2.61. The zero-order chi connectivity index (χ0) is 12.3. The number of methoxy groups -OCH3 is 1. The van der Waals surface area contributed by atoms with E-state index in [0.29, 0.717) is 5.92 Å². The molecule has 0 unspecified atom stereocenters. The summed E-state index contributed by atoms with van der Waals surface area (Å²) in [4.78, 5) is 8.85. The van der Waals surface area contributed by atoms with Crippen molar-refractivity contribution in [2.24, 2.45) is 0 Å². The first kappa shape index (κ1) is 11.6. The zero-order valence-corrected chi connectivity index (χ0v) is 10.3. The van der Waals surface area contributed by atoms with Gasteiger partial charge in [0.25, 0.3) is 0 Å². The molecule has 2 aromatic rings. The molecular weight excluding hydrogens is 212 g/mol. The molecule has 0 aliphatic rings. The lowest BCUT2D eigenvalue weighted by Crippen LogP contribution is -1.96. The van der Waals surface area contributed by atoms with Crippen molar-refractivity contribution < 1.29 is 4.74 Å². The molecule has 0 N–H and O–H groups in total. The van der Waals surface area contributed by atoms with Crippen LogP contribution in [-0.2, 0) is 0 Å². The SMILES string of the molecule is COc1cccc(-c2nccc(C(C)C)n2)c1. The highest BCUT2D eigenvalue weighted by Gasteiger charge is 2.06. The lowest BCUT2D eigenvalue weighted by atomic mass is 10.1. The summed E-state index contributed by atoms with van der Waals surface area (Å²) in [6, 6.07) is 9.74.